The van der Waals surface area contributed by atoms with E-state index in [0.717, 1.165) is 25.2 Å². The van der Waals surface area contributed by atoms with Gasteiger partial charge in [0.25, 0.3) is 0 Å². The number of nitrogens with two attached hydrogens (primary N) is 1. The molecule has 4 nitrogen and oxygen atoms in total. The first kappa shape index (κ1) is 13.2. The van der Waals surface area contributed by atoms with E-state index < -0.39 is 0 Å². The van der Waals surface area contributed by atoms with Crippen LogP contribution in [0.3, 0.4) is 0 Å². The van der Waals surface area contributed by atoms with Crippen molar-refractivity contribution in [1.29, 1.82) is 0 Å². The van der Waals surface area contributed by atoms with Gasteiger partial charge in [0.05, 0.1) is 12.0 Å². The molecule has 0 bridgehead atoms. The molecule has 1 heterocycles. The summed E-state index contributed by atoms with van der Waals surface area (Å²) in [6, 6.07) is 0.0851. The van der Waals surface area contributed by atoms with Crippen molar-refractivity contribution in [3.8, 4) is 0 Å². The van der Waals surface area contributed by atoms with Crippen molar-refractivity contribution in [3.05, 3.63) is 18.2 Å². The van der Waals surface area contributed by atoms with Gasteiger partial charge in [-0.25, -0.2) is 4.98 Å². The largest absolute Gasteiger partial charge is 0.333 e. The van der Waals surface area contributed by atoms with E-state index in [9.17, 15) is 0 Å². The average molecular weight is 224 g/mol. The summed E-state index contributed by atoms with van der Waals surface area (Å²) in [7, 11) is 4.18. The SMILES string of the molecule is CC(C)C(N)c1cncn1CCCN(C)C. The van der Waals surface area contributed by atoms with E-state index in [2.05, 4.69) is 42.4 Å². The molecular weight excluding hydrogens is 200 g/mol. The summed E-state index contributed by atoms with van der Waals surface area (Å²) in [6.07, 6.45) is 4.90. The Labute approximate surface area is 98.5 Å². The first-order valence-electron chi connectivity index (χ1n) is 5.92. The Balaban J connectivity index is 2.57. The second-order valence-electron chi connectivity index (χ2n) is 4.94. The van der Waals surface area contributed by atoms with Gasteiger partial charge in [-0.2, -0.15) is 0 Å². The van der Waals surface area contributed by atoms with Gasteiger partial charge in [0.1, 0.15) is 0 Å². The lowest BCUT2D eigenvalue weighted by molar-refractivity contribution is 0.380. The zero-order valence-electron chi connectivity index (χ0n) is 10.8. The number of aromatic nitrogens is 2. The van der Waals surface area contributed by atoms with E-state index in [0.29, 0.717) is 5.92 Å². The highest BCUT2D eigenvalue weighted by atomic mass is 15.1. The van der Waals surface area contributed by atoms with Gasteiger partial charge in [-0.15, -0.1) is 0 Å². The van der Waals surface area contributed by atoms with Crippen molar-refractivity contribution in [2.45, 2.75) is 32.9 Å². The maximum atomic E-state index is 6.14. The summed E-state index contributed by atoms with van der Waals surface area (Å²) in [4.78, 5) is 6.39. The van der Waals surface area contributed by atoms with Crippen LogP contribution in [0.4, 0.5) is 0 Å². The highest BCUT2D eigenvalue weighted by molar-refractivity contribution is 5.05. The third kappa shape index (κ3) is 3.61. The molecule has 0 saturated carbocycles. The zero-order valence-corrected chi connectivity index (χ0v) is 10.8. The Morgan fingerprint density at radius 3 is 2.69 bits per heavy atom. The summed E-state index contributed by atoms with van der Waals surface area (Å²) in [5, 5.41) is 0. The molecule has 2 N–H and O–H groups in total. The molecule has 0 radical (unpaired) electrons. The first-order chi connectivity index (χ1) is 7.52. The molecule has 92 valence electrons. The third-order valence-corrected chi connectivity index (χ3v) is 2.81. The van der Waals surface area contributed by atoms with Crippen molar-refractivity contribution in [2.75, 3.05) is 20.6 Å². The maximum absolute atomic E-state index is 6.14. The fraction of sp³-hybridized carbons (Fsp3) is 0.750. The molecule has 1 rings (SSSR count). The van der Waals surface area contributed by atoms with Crippen LogP contribution in [0.2, 0.25) is 0 Å². The minimum absolute atomic E-state index is 0.0851. The van der Waals surface area contributed by atoms with Crippen LogP contribution in [0.5, 0.6) is 0 Å². The average Bonchev–Trinajstić information content (AvgIpc) is 2.64. The predicted molar refractivity (Wildman–Crippen MR) is 67.2 cm³/mol. The Bertz CT molecular complexity index is 304. The molecule has 0 aliphatic carbocycles. The topological polar surface area (TPSA) is 47.1 Å². The quantitative estimate of drug-likeness (QED) is 0.796. The maximum Gasteiger partial charge on any atom is 0.0948 e. The smallest absolute Gasteiger partial charge is 0.0948 e. The molecule has 0 aliphatic heterocycles. The lowest BCUT2D eigenvalue weighted by Gasteiger charge is -2.18. The number of hydrogen-bond donors (Lipinski definition) is 1. The van der Waals surface area contributed by atoms with Gasteiger partial charge in [0.2, 0.25) is 0 Å². The molecule has 1 unspecified atom stereocenters. The molecule has 1 atom stereocenters. The summed E-state index contributed by atoms with van der Waals surface area (Å²) in [5.74, 6) is 0.448. The van der Waals surface area contributed by atoms with E-state index in [4.69, 9.17) is 5.73 Å². The van der Waals surface area contributed by atoms with Crippen molar-refractivity contribution in [2.24, 2.45) is 11.7 Å². The van der Waals surface area contributed by atoms with E-state index in [-0.39, 0.29) is 6.04 Å². The van der Waals surface area contributed by atoms with E-state index in [1.165, 1.54) is 0 Å². The van der Waals surface area contributed by atoms with Gasteiger partial charge in [-0.3, -0.25) is 0 Å². The Kier molecular flexibility index (Phi) is 4.96. The minimum atomic E-state index is 0.0851. The molecule has 16 heavy (non-hydrogen) atoms. The first-order valence-corrected chi connectivity index (χ1v) is 5.92. The summed E-state index contributed by atoms with van der Waals surface area (Å²) >= 11 is 0. The van der Waals surface area contributed by atoms with Gasteiger partial charge in [0.15, 0.2) is 0 Å². The summed E-state index contributed by atoms with van der Waals surface area (Å²) < 4.78 is 2.17. The molecule has 0 spiro atoms. The van der Waals surface area contributed by atoms with Gasteiger partial charge in [-0.05, 0) is 33.0 Å². The van der Waals surface area contributed by atoms with Crippen LogP contribution in [0.15, 0.2) is 12.5 Å². The molecule has 0 aliphatic rings. The third-order valence-electron chi connectivity index (χ3n) is 2.81. The number of imidazole rings is 1. The highest BCUT2D eigenvalue weighted by Gasteiger charge is 2.14. The Morgan fingerprint density at radius 2 is 2.12 bits per heavy atom. The number of hydrogen-bond acceptors (Lipinski definition) is 3. The zero-order chi connectivity index (χ0) is 12.1. The van der Waals surface area contributed by atoms with Crippen molar-refractivity contribution in [3.63, 3.8) is 0 Å². The van der Waals surface area contributed by atoms with Crippen LogP contribution < -0.4 is 5.73 Å². The van der Waals surface area contributed by atoms with Crippen LogP contribution in [-0.2, 0) is 6.54 Å². The molecular formula is C12H24N4. The lowest BCUT2D eigenvalue weighted by Crippen LogP contribution is -2.21. The van der Waals surface area contributed by atoms with Crippen LogP contribution >= 0.6 is 0 Å². The van der Waals surface area contributed by atoms with E-state index in [1.807, 2.05) is 12.5 Å². The van der Waals surface area contributed by atoms with Gasteiger partial charge in [-0.1, -0.05) is 13.8 Å². The second kappa shape index (κ2) is 6.01. The second-order valence-corrected chi connectivity index (χ2v) is 4.94. The lowest BCUT2D eigenvalue weighted by atomic mass is 10.0. The normalized spacial score (nSPS) is 13.7. The fourth-order valence-electron chi connectivity index (χ4n) is 1.69. The van der Waals surface area contributed by atoms with Crippen LogP contribution in [0.1, 0.15) is 32.0 Å². The van der Waals surface area contributed by atoms with Gasteiger partial charge < -0.3 is 15.2 Å². The van der Waals surface area contributed by atoms with Crippen LogP contribution in [-0.4, -0.2) is 35.1 Å². The monoisotopic (exact) mass is 224 g/mol. The van der Waals surface area contributed by atoms with Crippen LogP contribution in [0.25, 0.3) is 0 Å². The Hall–Kier alpha value is -0.870. The van der Waals surface area contributed by atoms with Gasteiger partial charge >= 0.3 is 0 Å². The van der Waals surface area contributed by atoms with E-state index in [1.54, 1.807) is 0 Å². The predicted octanol–water partition coefficient (Wildman–Crippen LogP) is 1.49. The van der Waals surface area contributed by atoms with Crippen molar-refractivity contribution >= 4 is 0 Å². The van der Waals surface area contributed by atoms with Crippen molar-refractivity contribution < 1.29 is 0 Å². The summed E-state index contributed by atoms with van der Waals surface area (Å²) in [6.45, 7) is 6.37. The van der Waals surface area contributed by atoms with Gasteiger partial charge in [0, 0.05) is 18.8 Å². The minimum Gasteiger partial charge on any atom is -0.333 e. The number of aryl methyl sites for hydroxylation is 1. The molecule has 0 aromatic carbocycles. The molecule has 1 aromatic heterocycles. The highest BCUT2D eigenvalue weighted by Crippen LogP contribution is 2.18. The molecule has 4 heteroatoms. The van der Waals surface area contributed by atoms with Crippen molar-refractivity contribution in [1.82, 2.24) is 14.5 Å². The Morgan fingerprint density at radius 1 is 1.44 bits per heavy atom. The fourth-order valence-corrected chi connectivity index (χ4v) is 1.69. The van der Waals surface area contributed by atoms with Crippen LogP contribution in [0, 0.1) is 5.92 Å². The molecule has 0 amide bonds. The number of nitrogens with zero attached hydrogens (tertiary/aromatic N) is 3. The number of rotatable bonds is 6. The standard InChI is InChI=1S/C12H24N4/c1-10(2)12(13)11-8-14-9-16(11)7-5-6-15(3)4/h8-10,12H,5-7,13H2,1-4H3. The molecule has 0 saturated heterocycles. The molecule has 1 aromatic rings. The summed E-state index contributed by atoms with van der Waals surface area (Å²) in [5.41, 5.74) is 7.29. The molecule has 0 fully saturated rings. The van der Waals surface area contributed by atoms with E-state index >= 15 is 0 Å².